The van der Waals surface area contributed by atoms with Gasteiger partial charge in [0.1, 0.15) is 17.0 Å². The normalized spacial score (nSPS) is 41.8. The van der Waals surface area contributed by atoms with Crippen LogP contribution in [0.1, 0.15) is 43.4 Å². The summed E-state index contributed by atoms with van der Waals surface area (Å²) in [5, 5.41) is 0. The van der Waals surface area contributed by atoms with Crippen LogP contribution in [0, 0.1) is 12.3 Å². The molecule has 1 aromatic rings. The molecule has 144 valence electrons. The minimum absolute atomic E-state index is 0.123. The summed E-state index contributed by atoms with van der Waals surface area (Å²) in [4.78, 5) is 18.7. The van der Waals surface area contributed by atoms with Gasteiger partial charge in [0.05, 0.1) is 12.0 Å². The number of nitrogens with zero attached hydrogens (tertiary/aromatic N) is 2. The van der Waals surface area contributed by atoms with E-state index < -0.39 is 28.3 Å². The van der Waals surface area contributed by atoms with Crippen LogP contribution in [0.15, 0.2) is 11.2 Å². The van der Waals surface area contributed by atoms with Crippen LogP contribution in [0.5, 0.6) is 0 Å². The quantitative estimate of drug-likeness (QED) is 0.793. The molecule has 5 rings (SSSR count). The van der Waals surface area contributed by atoms with Crippen LogP contribution < -0.4 is 4.80 Å². The van der Waals surface area contributed by atoms with E-state index in [-0.39, 0.29) is 38.5 Å². The SMILES string of the molecule is COCCn1cc(C)s/c1=N\C(=O)C12CC3(F)CC(F)(CC(F)(C3)C1)C2. The van der Waals surface area contributed by atoms with E-state index in [9.17, 15) is 4.79 Å². The van der Waals surface area contributed by atoms with Crippen molar-refractivity contribution in [1.82, 2.24) is 4.57 Å². The first-order valence-electron chi connectivity index (χ1n) is 8.90. The number of alkyl halides is 3. The summed E-state index contributed by atoms with van der Waals surface area (Å²) >= 11 is 1.33. The fourth-order valence-corrected chi connectivity index (χ4v) is 6.50. The number of thiazole rings is 1. The van der Waals surface area contributed by atoms with Gasteiger partial charge in [0, 0.05) is 44.0 Å². The molecular weight excluding hydrogens is 365 g/mol. The van der Waals surface area contributed by atoms with Crippen molar-refractivity contribution in [3.05, 3.63) is 15.9 Å². The Balaban J connectivity index is 1.71. The third kappa shape index (κ3) is 2.95. The Hall–Kier alpha value is -1.15. The number of hydrogen-bond acceptors (Lipinski definition) is 3. The number of hydrogen-bond donors (Lipinski definition) is 0. The van der Waals surface area contributed by atoms with Gasteiger partial charge < -0.3 is 9.30 Å². The second-order valence-corrected chi connectivity index (χ2v) is 9.73. The van der Waals surface area contributed by atoms with Crippen LogP contribution in [0.4, 0.5) is 13.2 Å². The summed E-state index contributed by atoms with van der Waals surface area (Å²) in [6, 6.07) is 0. The van der Waals surface area contributed by atoms with Crippen LogP contribution in [-0.2, 0) is 16.1 Å². The number of rotatable bonds is 4. The fourth-order valence-electron chi connectivity index (χ4n) is 5.65. The van der Waals surface area contributed by atoms with E-state index in [2.05, 4.69) is 4.99 Å². The zero-order valence-electron chi connectivity index (χ0n) is 15.0. The lowest BCUT2D eigenvalue weighted by molar-refractivity contribution is -0.215. The molecular formula is C18H23F3N2O2S. The van der Waals surface area contributed by atoms with Gasteiger partial charge in [0.15, 0.2) is 4.80 Å². The molecule has 4 aliphatic rings. The minimum Gasteiger partial charge on any atom is -0.383 e. The highest BCUT2D eigenvalue weighted by molar-refractivity contribution is 7.09. The Labute approximate surface area is 154 Å². The van der Waals surface area contributed by atoms with Gasteiger partial charge >= 0.3 is 0 Å². The van der Waals surface area contributed by atoms with Crippen molar-refractivity contribution >= 4 is 17.2 Å². The molecule has 26 heavy (non-hydrogen) atoms. The smallest absolute Gasteiger partial charge is 0.254 e. The van der Waals surface area contributed by atoms with E-state index in [1.807, 2.05) is 13.1 Å². The first kappa shape index (κ1) is 18.2. The average Bonchev–Trinajstić information content (AvgIpc) is 2.79. The first-order chi connectivity index (χ1) is 12.1. The van der Waals surface area contributed by atoms with E-state index >= 15 is 13.2 Å². The van der Waals surface area contributed by atoms with Crippen molar-refractivity contribution in [3.63, 3.8) is 0 Å². The molecule has 1 amide bonds. The number of aromatic nitrogens is 1. The number of methoxy groups -OCH3 is 1. The maximum Gasteiger partial charge on any atom is 0.254 e. The molecule has 4 fully saturated rings. The van der Waals surface area contributed by atoms with Gasteiger partial charge in [0.25, 0.3) is 5.91 Å². The standard InChI is InChI=1S/C18H23F3N2O2S/c1-12-5-23(3-4-25-2)14(26-12)22-13(24)15-6-16(19)9-17(20,7-15)11-18(21,8-15)10-16/h5H,3-4,6-11H2,1-2H3/b22-14-. The summed E-state index contributed by atoms with van der Waals surface area (Å²) < 4.78 is 52.1. The molecule has 0 aliphatic heterocycles. The Morgan fingerprint density at radius 3 is 2.19 bits per heavy atom. The number of halogens is 3. The van der Waals surface area contributed by atoms with Crippen LogP contribution in [0.3, 0.4) is 0 Å². The monoisotopic (exact) mass is 388 g/mol. The number of carbonyl (C=O) groups excluding carboxylic acids is 1. The highest BCUT2D eigenvalue weighted by atomic mass is 32.1. The van der Waals surface area contributed by atoms with Crippen LogP contribution in [0.2, 0.25) is 0 Å². The zero-order valence-corrected chi connectivity index (χ0v) is 15.8. The minimum atomic E-state index is -1.94. The van der Waals surface area contributed by atoms with Crippen molar-refractivity contribution in [1.29, 1.82) is 0 Å². The van der Waals surface area contributed by atoms with Crippen molar-refractivity contribution in [2.24, 2.45) is 10.4 Å². The van der Waals surface area contributed by atoms with Gasteiger partial charge in [-0.25, -0.2) is 13.2 Å². The molecule has 4 nitrogen and oxygen atoms in total. The summed E-state index contributed by atoms with van der Waals surface area (Å²) in [5.74, 6) is -0.587. The Morgan fingerprint density at radius 2 is 1.69 bits per heavy atom. The van der Waals surface area contributed by atoms with Crippen molar-refractivity contribution < 1.29 is 22.7 Å². The third-order valence-electron chi connectivity index (χ3n) is 5.89. The topological polar surface area (TPSA) is 43.6 Å². The van der Waals surface area contributed by atoms with E-state index in [1.165, 1.54) is 11.3 Å². The molecule has 8 heteroatoms. The summed E-state index contributed by atoms with van der Waals surface area (Å²) in [5.41, 5.74) is -7.20. The summed E-state index contributed by atoms with van der Waals surface area (Å²) in [7, 11) is 1.58. The van der Waals surface area contributed by atoms with Gasteiger partial charge in [-0.05, 0) is 26.2 Å². The molecule has 0 spiro atoms. The molecule has 4 aliphatic carbocycles. The van der Waals surface area contributed by atoms with Crippen molar-refractivity contribution in [2.75, 3.05) is 13.7 Å². The number of aryl methyl sites for hydroxylation is 1. The third-order valence-corrected chi connectivity index (χ3v) is 6.83. The van der Waals surface area contributed by atoms with Crippen LogP contribution >= 0.6 is 11.3 Å². The molecule has 0 unspecified atom stereocenters. The molecule has 1 aromatic heterocycles. The molecule has 0 N–H and O–H groups in total. The van der Waals surface area contributed by atoms with E-state index in [4.69, 9.17) is 4.74 Å². The van der Waals surface area contributed by atoms with Gasteiger partial charge in [-0.2, -0.15) is 4.99 Å². The number of amides is 1. The van der Waals surface area contributed by atoms with Gasteiger partial charge in [-0.15, -0.1) is 11.3 Å². The zero-order chi connectivity index (χ0) is 18.8. The van der Waals surface area contributed by atoms with Crippen molar-refractivity contribution in [2.45, 2.75) is 69.0 Å². The molecule has 4 bridgehead atoms. The van der Waals surface area contributed by atoms with Crippen LogP contribution in [0.25, 0.3) is 0 Å². The Morgan fingerprint density at radius 1 is 1.15 bits per heavy atom. The van der Waals surface area contributed by atoms with E-state index in [1.54, 1.807) is 11.7 Å². The first-order valence-corrected chi connectivity index (χ1v) is 9.72. The van der Waals surface area contributed by atoms with Gasteiger partial charge in [-0.1, -0.05) is 0 Å². The van der Waals surface area contributed by atoms with E-state index in [0.717, 1.165) is 4.88 Å². The molecule has 0 aromatic carbocycles. The molecule has 0 radical (unpaired) electrons. The molecule has 4 saturated carbocycles. The second-order valence-electron chi connectivity index (χ2n) is 8.52. The number of carbonyl (C=O) groups is 1. The Kier molecular flexibility index (Phi) is 3.98. The molecule has 0 saturated heterocycles. The van der Waals surface area contributed by atoms with Gasteiger partial charge in [0.2, 0.25) is 0 Å². The predicted molar refractivity (Wildman–Crippen MR) is 91.1 cm³/mol. The maximum absolute atomic E-state index is 15.1. The highest BCUT2D eigenvalue weighted by Gasteiger charge is 2.72. The fraction of sp³-hybridized carbons (Fsp3) is 0.778. The lowest BCUT2D eigenvalue weighted by Crippen LogP contribution is -2.67. The van der Waals surface area contributed by atoms with Crippen molar-refractivity contribution in [3.8, 4) is 0 Å². The maximum atomic E-state index is 15.1. The Bertz CT molecular complexity index is 764. The second kappa shape index (κ2) is 5.67. The molecule has 1 heterocycles. The number of ether oxygens (including phenoxy) is 1. The van der Waals surface area contributed by atoms with E-state index in [0.29, 0.717) is 18.0 Å². The summed E-state index contributed by atoms with van der Waals surface area (Å²) in [6.45, 7) is 2.87. The molecule has 0 atom stereocenters. The lowest BCUT2D eigenvalue weighted by atomic mass is 9.46. The lowest BCUT2D eigenvalue weighted by Gasteiger charge is -2.61. The summed E-state index contributed by atoms with van der Waals surface area (Å²) in [6.07, 6.45) is 0.595. The largest absolute Gasteiger partial charge is 0.383 e. The predicted octanol–water partition coefficient (Wildman–Crippen LogP) is 3.42. The average molecular weight is 388 g/mol. The highest BCUT2D eigenvalue weighted by Crippen LogP contribution is 2.68. The van der Waals surface area contributed by atoms with Gasteiger partial charge in [-0.3, -0.25) is 4.79 Å². The van der Waals surface area contributed by atoms with Crippen LogP contribution in [-0.4, -0.2) is 41.2 Å².